The van der Waals surface area contributed by atoms with Crippen molar-refractivity contribution >= 4 is 23.5 Å². The number of benzene rings is 1. The standard InChI is InChI=1S/C15H12ClFN6O/c1-8-18-7-11(16)13(19-8)14(24)21-15-20-12(22-23-15)6-9-3-2-4-10(17)5-9/h2-5,7H,6H2,1H3,(H2,20,21,22,23,24). The number of carbonyl (C=O) groups excluding carboxylic acids is 1. The van der Waals surface area contributed by atoms with E-state index < -0.39 is 5.91 Å². The van der Waals surface area contributed by atoms with Crippen molar-refractivity contribution in [1.29, 1.82) is 0 Å². The van der Waals surface area contributed by atoms with E-state index >= 15 is 0 Å². The van der Waals surface area contributed by atoms with E-state index in [0.29, 0.717) is 18.1 Å². The van der Waals surface area contributed by atoms with Crippen LogP contribution in [-0.2, 0) is 6.42 Å². The minimum atomic E-state index is -0.540. The minimum absolute atomic E-state index is 0.0423. The zero-order valence-electron chi connectivity index (χ0n) is 12.5. The second kappa shape index (κ2) is 6.71. The van der Waals surface area contributed by atoms with Crippen molar-refractivity contribution in [3.8, 4) is 0 Å². The van der Waals surface area contributed by atoms with Gasteiger partial charge in [0.1, 0.15) is 17.5 Å². The summed E-state index contributed by atoms with van der Waals surface area (Å²) in [5, 5.41) is 9.23. The molecular formula is C15H12ClFN6O. The lowest BCUT2D eigenvalue weighted by Gasteiger charge is -2.02. The van der Waals surface area contributed by atoms with Crippen LogP contribution in [0.2, 0.25) is 5.02 Å². The van der Waals surface area contributed by atoms with Gasteiger partial charge in [-0.2, -0.15) is 4.98 Å². The fraction of sp³-hybridized carbons (Fsp3) is 0.133. The van der Waals surface area contributed by atoms with Crippen molar-refractivity contribution in [1.82, 2.24) is 25.1 Å². The van der Waals surface area contributed by atoms with Crippen molar-refractivity contribution in [3.63, 3.8) is 0 Å². The number of H-pyrrole nitrogens is 1. The Kier molecular flexibility index (Phi) is 4.48. The zero-order valence-corrected chi connectivity index (χ0v) is 13.3. The Morgan fingerprint density at radius 3 is 3.00 bits per heavy atom. The Labute approximate surface area is 141 Å². The van der Waals surface area contributed by atoms with Gasteiger partial charge >= 0.3 is 0 Å². The van der Waals surface area contributed by atoms with E-state index in [9.17, 15) is 9.18 Å². The maximum atomic E-state index is 13.2. The van der Waals surface area contributed by atoms with E-state index in [-0.39, 0.29) is 22.5 Å². The van der Waals surface area contributed by atoms with E-state index in [1.54, 1.807) is 19.1 Å². The Hall–Kier alpha value is -2.87. The molecule has 1 aromatic carbocycles. The number of carbonyl (C=O) groups is 1. The molecule has 0 radical (unpaired) electrons. The lowest BCUT2D eigenvalue weighted by molar-refractivity contribution is 0.102. The molecule has 24 heavy (non-hydrogen) atoms. The second-order valence-corrected chi connectivity index (χ2v) is 5.39. The van der Waals surface area contributed by atoms with Crippen LogP contribution in [0.15, 0.2) is 30.5 Å². The van der Waals surface area contributed by atoms with Gasteiger partial charge in [-0.1, -0.05) is 23.7 Å². The highest BCUT2D eigenvalue weighted by atomic mass is 35.5. The van der Waals surface area contributed by atoms with Crippen molar-refractivity contribution < 1.29 is 9.18 Å². The van der Waals surface area contributed by atoms with Gasteiger partial charge < -0.3 is 0 Å². The summed E-state index contributed by atoms with van der Waals surface area (Å²) in [6, 6.07) is 6.16. The highest BCUT2D eigenvalue weighted by Gasteiger charge is 2.15. The molecule has 0 aliphatic rings. The van der Waals surface area contributed by atoms with E-state index in [1.807, 2.05) is 0 Å². The highest BCUT2D eigenvalue weighted by molar-refractivity contribution is 6.33. The van der Waals surface area contributed by atoms with E-state index in [4.69, 9.17) is 11.6 Å². The number of aromatic nitrogens is 5. The van der Waals surface area contributed by atoms with E-state index in [1.165, 1.54) is 18.3 Å². The van der Waals surface area contributed by atoms with Gasteiger partial charge in [-0.3, -0.25) is 15.2 Å². The predicted molar refractivity (Wildman–Crippen MR) is 85.3 cm³/mol. The van der Waals surface area contributed by atoms with Crippen LogP contribution in [0.4, 0.5) is 10.3 Å². The molecule has 3 rings (SSSR count). The molecule has 0 aliphatic carbocycles. The van der Waals surface area contributed by atoms with E-state index in [0.717, 1.165) is 5.56 Å². The summed E-state index contributed by atoms with van der Waals surface area (Å²) in [5.74, 6) is 0.127. The summed E-state index contributed by atoms with van der Waals surface area (Å²) >= 11 is 5.91. The normalized spacial score (nSPS) is 10.6. The fourth-order valence-corrected chi connectivity index (χ4v) is 2.22. The number of halogens is 2. The lowest BCUT2D eigenvalue weighted by atomic mass is 10.1. The van der Waals surface area contributed by atoms with Gasteiger partial charge in [0.2, 0.25) is 5.95 Å². The first-order valence-corrected chi connectivity index (χ1v) is 7.35. The van der Waals surface area contributed by atoms with Gasteiger partial charge in [-0.25, -0.2) is 14.4 Å². The maximum absolute atomic E-state index is 13.2. The van der Waals surface area contributed by atoms with Gasteiger partial charge in [0.05, 0.1) is 11.2 Å². The third kappa shape index (κ3) is 3.72. The van der Waals surface area contributed by atoms with Crippen LogP contribution in [0.5, 0.6) is 0 Å². The van der Waals surface area contributed by atoms with E-state index in [2.05, 4.69) is 30.5 Å². The van der Waals surface area contributed by atoms with Crippen LogP contribution in [0.1, 0.15) is 27.7 Å². The SMILES string of the molecule is Cc1ncc(Cl)c(C(=O)Nc2n[nH]c(Cc3cccc(F)c3)n2)n1. The van der Waals surface area contributed by atoms with Crippen LogP contribution in [0, 0.1) is 12.7 Å². The molecule has 2 aromatic heterocycles. The number of aromatic amines is 1. The van der Waals surface area contributed by atoms with Crippen molar-refractivity contribution in [3.05, 3.63) is 64.2 Å². The van der Waals surface area contributed by atoms with Crippen LogP contribution < -0.4 is 5.32 Å². The molecule has 2 N–H and O–H groups in total. The van der Waals surface area contributed by atoms with Gasteiger partial charge in [-0.15, -0.1) is 5.10 Å². The topological polar surface area (TPSA) is 96.5 Å². The first-order valence-electron chi connectivity index (χ1n) is 6.97. The molecular weight excluding hydrogens is 335 g/mol. The molecule has 0 fully saturated rings. The third-order valence-corrected chi connectivity index (χ3v) is 3.37. The number of hydrogen-bond donors (Lipinski definition) is 2. The molecule has 0 bridgehead atoms. The monoisotopic (exact) mass is 346 g/mol. The first kappa shape index (κ1) is 16.0. The maximum Gasteiger partial charge on any atom is 0.278 e. The molecule has 9 heteroatoms. The Morgan fingerprint density at radius 2 is 2.21 bits per heavy atom. The van der Waals surface area contributed by atoms with Gasteiger partial charge in [-0.05, 0) is 24.6 Å². The Bertz CT molecular complexity index is 897. The summed E-state index contributed by atoms with van der Waals surface area (Å²) in [7, 11) is 0. The third-order valence-electron chi connectivity index (χ3n) is 3.10. The van der Waals surface area contributed by atoms with Gasteiger partial charge in [0.25, 0.3) is 5.91 Å². The summed E-state index contributed by atoms with van der Waals surface area (Å²) in [6.07, 6.45) is 1.71. The van der Waals surface area contributed by atoms with Crippen LogP contribution in [0.3, 0.4) is 0 Å². The highest BCUT2D eigenvalue weighted by Crippen LogP contribution is 2.14. The van der Waals surface area contributed by atoms with Gasteiger partial charge in [0, 0.05) is 6.42 Å². The van der Waals surface area contributed by atoms with Gasteiger partial charge in [0.15, 0.2) is 5.69 Å². The minimum Gasteiger partial charge on any atom is -0.288 e. The smallest absolute Gasteiger partial charge is 0.278 e. The molecule has 0 saturated heterocycles. The number of hydrogen-bond acceptors (Lipinski definition) is 5. The van der Waals surface area contributed by atoms with Crippen molar-refractivity contribution in [2.45, 2.75) is 13.3 Å². The molecule has 3 aromatic rings. The van der Waals surface area contributed by atoms with Crippen molar-refractivity contribution in [2.75, 3.05) is 5.32 Å². The Balaban J connectivity index is 1.72. The largest absolute Gasteiger partial charge is 0.288 e. The molecule has 0 spiro atoms. The number of nitrogens with zero attached hydrogens (tertiary/aromatic N) is 4. The molecule has 7 nitrogen and oxygen atoms in total. The number of nitrogens with one attached hydrogen (secondary N) is 2. The summed E-state index contributed by atoms with van der Waals surface area (Å²) in [6.45, 7) is 1.65. The fourth-order valence-electron chi connectivity index (χ4n) is 2.05. The molecule has 0 unspecified atom stereocenters. The number of aryl methyl sites for hydroxylation is 1. The first-order chi connectivity index (χ1) is 11.5. The summed E-state index contributed by atoms with van der Waals surface area (Å²) < 4.78 is 13.2. The molecule has 2 heterocycles. The quantitative estimate of drug-likeness (QED) is 0.756. The molecule has 122 valence electrons. The van der Waals surface area contributed by atoms with Crippen molar-refractivity contribution in [2.24, 2.45) is 0 Å². The Morgan fingerprint density at radius 1 is 1.38 bits per heavy atom. The molecule has 0 atom stereocenters. The average molecular weight is 347 g/mol. The van der Waals surface area contributed by atoms with Crippen LogP contribution >= 0.6 is 11.6 Å². The number of amides is 1. The lowest BCUT2D eigenvalue weighted by Crippen LogP contribution is -2.16. The van der Waals surface area contributed by atoms with Crippen LogP contribution in [-0.4, -0.2) is 31.1 Å². The van der Waals surface area contributed by atoms with Crippen LogP contribution in [0.25, 0.3) is 0 Å². The molecule has 1 amide bonds. The predicted octanol–water partition coefficient (Wildman–Crippen LogP) is 2.54. The number of anilines is 1. The summed E-state index contributed by atoms with van der Waals surface area (Å²) in [5.41, 5.74) is 0.777. The molecule has 0 aliphatic heterocycles. The molecule has 0 saturated carbocycles. The summed E-state index contributed by atoms with van der Waals surface area (Å²) in [4.78, 5) is 24.2. The zero-order chi connectivity index (χ0) is 17.1. The average Bonchev–Trinajstić information content (AvgIpc) is 2.96. The second-order valence-electron chi connectivity index (χ2n) is 4.98. The number of rotatable bonds is 4.